The van der Waals surface area contributed by atoms with Gasteiger partial charge in [-0.25, -0.2) is 0 Å². The van der Waals surface area contributed by atoms with Crippen molar-refractivity contribution >= 4 is 18.4 Å². The minimum absolute atomic E-state index is 0.167. The van der Waals surface area contributed by atoms with Crippen LogP contribution in [0.3, 0.4) is 0 Å². The zero-order valence-corrected chi connectivity index (χ0v) is 5.96. The zero-order valence-electron chi connectivity index (χ0n) is 5.06. The molecule has 0 heterocycles. The first-order valence-corrected chi connectivity index (χ1v) is 2.86. The largest absolute Gasteiger partial charge is 0.300 e. The van der Waals surface area contributed by atoms with Gasteiger partial charge in [0.05, 0.1) is 0 Å². The first-order valence-electron chi connectivity index (χ1n) is 2.23. The van der Waals surface area contributed by atoms with E-state index in [2.05, 4.69) is 12.6 Å². The Hall–Kier alpha value is 0.0200. The molecule has 7 heavy (non-hydrogen) atoms. The van der Waals surface area contributed by atoms with Crippen LogP contribution < -0.4 is 0 Å². The van der Waals surface area contributed by atoms with Crippen LogP contribution in [0, 0.1) is 0 Å². The van der Waals surface area contributed by atoms with Gasteiger partial charge < -0.3 is 4.79 Å². The average molecular weight is 120 g/mol. The summed E-state index contributed by atoms with van der Waals surface area (Å²) in [7, 11) is 0. The molecule has 0 unspecified atom stereocenters. The molecular weight excluding hydrogens is 108 g/mol. The Morgan fingerprint density at radius 2 is 1.57 bits per heavy atom. The highest BCUT2D eigenvalue weighted by molar-refractivity contribution is 7.80. The lowest BCUT2D eigenvalue weighted by molar-refractivity contribution is -0.114. The molecule has 44 valence electrons. The molecule has 0 aromatic rings. The van der Waals surface area contributed by atoms with Gasteiger partial charge in [-0.2, -0.15) is 12.6 Å². The molecule has 0 radical (unpaired) electrons. The molecule has 0 N–H and O–H groups in total. The normalized spacial score (nSPS) is 6.29. The zero-order chi connectivity index (χ0) is 6.28. The lowest BCUT2D eigenvalue weighted by atomic mass is 10.6. The van der Waals surface area contributed by atoms with Gasteiger partial charge in [0.1, 0.15) is 5.78 Å². The second-order valence-electron chi connectivity index (χ2n) is 1.22. The molecule has 0 rings (SSSR count). The second kappa shape index (κ2) is 9.39. The Labute approximate surface area is 50.5 Å². The quantitative estimate of drug-likeness (QED) is 0.480. The number of thiol groups is 1. The summed E-state index contributed by atoms with van der Waals surface area (Å²) in [6, 6.07) is 0. The highest BCUT2D eigenvalue weighted by Gasteiger charge is 1.62. The van der Waals surface area contributed by atoms with E-state index in [1.807, 2.05) is 6.92 Å². The Kier molecular flexibility index (Phi) is 13.5. The van der Waals surface area contributed by atoms with Gasteiger partial charge in [-0.15, -0.1) is 0 Å². The van der Waals surface area contributed by atoms with Crippen molar-refractivity contribution in [2.24, 2.45) is 0 Å². The first-order chi connectivity index (χ1) is 3.15. The Balaban J connectivity index is 0. The predicted octanol–water partition coefficient (Wildman–Crippen LogP) is 1.53. The van der Waals surface area contributed by atoms with Crippen LogP contribution in [0.2, 0.25) is 0 Å². The van der Waals surface area contributed by atoms with E-state index in [0.29, 0.717) is 0 Å². The van der Waals surface area contributed by atoms with Gasteiger partial charge in [0, 0.05) is 0 Å². The maximum atomic E-state index is 9.44. The van der Waals surface area contributed by atoms with Crippen molar-refractivity contribution < 1.29 is 4.79 Å². The molecule has 1 nitrogen and oxygen atoms in total. The van der Waals surface area contributed by atoms with Crippen LogP contribution in [0.1, 0.15) is 20.8 Å². The molecule has 0 aromatic heterocycles. The molecule has 0 atom stereocenters. The number of hydrogen-bond donors (Lipinski definition) is 1. The average Bonchev–Trinajstić information content (AvgIpc) is 1.33. The highest BCUT2D eigenvalue weighted by Crippen LogP contribution is 1.58. The fraction of sp³-hybridized carbons (Fsp3) is 0.800. The smallest absolute Gasteiger partial charge is 0.126 e. The molecule has 0 aromatic carbocycles. The lowest BCUT2D eigenvalue weighted by Crippen LogP contribution is -1.69. The van der Waals surface area contributed by atoms with Crippen molar-refractivity contribution in [2.45, 2.75) is 20.8 Å². The summed E-state index contributed by atoms with van der Waals surface area (Å²) in [5.41, 5.74) is 0. The Morgan fingerprint density at radius 1 is 1.57 bits per heavy atom. The van der Waals surface area contributed by atoms with Crippen molar-refractivity contribution in [1.82, 2.24) is 0 Å². The van der Waals surface area contributed by atoms with E-state index >= 15 is 0 Å². The third-order valence-corrected chi connectivity index (χ3v) is 0. The van der Waals surface area contributed by atoms with Crippen LogP contribution >= 0.6 is 12.6 Å². The van der Waals surface area contributed by atoms with Crippen molar-refractivity contribution in [3.8, 4) is 0 Å². The molecule has 0 aliphatic heterocycles. The van der Waals surface area contributed by atoms with Gasteiger partial charge in [-0.05, 0) is 19.6 Å². The van der Waals surface area contributed by atoms with E-state index in [1.165, 1.54) is 13.8 Å². The van der Waals surface area contributed by atoms with Gasteiger partial charge in [-0.3, -0.25) is 0 Å². The fourth-order valence-electron chi connectivity index (χ4n) is 0. The molecule has 2 heteroatoms. The monoisotopic (exact) mass is 120 g/mol. The van der Waals surface area contributed by atoms with Crippen molar-refractivity contribution in [3.63, 3.8) is 0 Å². The third kappa shape index (κ3) is 243000. The van der Waals surface area contributed by atoms with Gasteiger partial charge >= 0.3 is 0 Å². The summed E-state index contributed by atoms with van der Waals surface area (Å²) in [6.07, 6.45) is 0. The van der Waals surface area contributed by atoms with Crippen LogP contribution in [-0.2, 0) is 4.79 Å². The molecule has 0 saturated carbocycles. The third-order valence-electron chi connectivity index (χ3n) is 0. The highest BCUT2D eigenvalue weighted by atomic mass is 32.1. The van der Waals surface area contributed by atoms with Crippen LogP contribution in [0.4, 0.5) is 0 Å². The van der Waals surface area contributed by atoms with Gasteiger partial charge in [-0.1, -0.05) is 6.92 Å². The van der Waals surface area contributed by atoms with Crippen LogP contribution in [0.5, 0.6) is 0 Å². The molecular formula is C5H12OS. The van der Waals surface area contributed by atoms with Crippen molar-refractivity contribution in [1.29, 1.82) is 0 Å². The predicted molar refractivity (Wildman–Crippen MR) is 35.9 cm³/mol. The van der Waals surface area contributed by atoms with Crippen molar-refractivity contribution in [3.05, 3.63) is 0 Å². The van der Waals surface area contributed by atoms with Gasteiger partial charge in [0.15, 0.2) is 0 Å². The maximum absolute atomic E-state index is 9.44. The number of Topliss-reactive ketones (excluding diaryl/α,β-unsaturated/α-hetero) is 1. The SMILES string of the molecule is CC(C)=O.CCS. The Bertz CT molecular complexity index is 39.3. The van der Waals surface area contributed by atoms with E-state index in [9.17, 15) is 4.79 Å². The lowest BCUT2D eigenvalue weighted by Gasteiger charge is -1.56. The number of carbonyl (C=O) groups excluding carboxylic acids is 1. The van der Waals surface area contributed by atoms with Crippen LogP contribution in [-0.4, -0.2) is 11.5 Å². The van der Waals surface area contributed by atoms with E-state index in [-0.39, 0.29) is 5.78 Å². The standard InChI is InChI=1S/C3H6O.C2H6S/c1-3(2)4;1-2-3/h1-2H3;3H,2H2,1H3. The number of rotatable bonds is 0. The van der Waals surface area contributed by atoms with E-state index < -0.39 is 0 Å². The van der Waals surface area contributed by atoms with E-state index in [1.54, 1.807) is 0 Å². The summed E-state index contributed by atoms with van der Waals surface area (Å²) in [5, 5.41) is 0. The molecule has 0 amide bonds. The Morgan fingerprint density at radius 3 is 1.57 bits per heavy atom. The molecule has 0 aliphatic rings. The summed E-state index contributed by atoms with van der Waals surface area (Å²) in [5.74, 6) is 1.11. The van der Waals surface area contributed by atoms with Gasteiger partial charge in [0.25, 0.3) is 0 Å². The van der Waals surface area contributed by atoms with Crippen LogP contribution in [0.25, 0.3) is 0 Å². The summed E-state index contributed by atoms with van der Waals surface area (Å²) >= 11 is 3.79. The summed E-state index contributed by atoms with van der Waals surface area (Å²) in [4.78, 5) is 9.44. The summed E-state index contributed by atoms with van der Waals surface area (Å²) in [6.45, 7) is 5.04. The fourth-order valence-corrected chi connectivity index (χ4v) is 0. The second-order valence-corrected chi connectivity index (χ2v) is 1.86. The van der Waals surface area contributed by atoms with E-state index in [4.69, 9.17) is 0 Å². The maximum Gasteiger partial charge on any atom is 0.126 e. The molecule has 0 fully saturated rings. The van der Waals surface area contributed by atoms with E-state index in [0.717, 1.165) is 5.75 Å². The van der Waals surface area contributed by atoms with Gasteiger partial charge in [0.2, 0.25) is 0 Å². The molecule has 0 spiro atoms. The topological polar surface area (TPSA) is 17.1 Å². The minimum Gasteiger partial charge on any atom is -0.300 e. The first kappa shape index (κ1) is 10.1. The van der Waals surface area contributed by atoms with Crippen molar-refractivity contribution in [2.75, 3.05) is 5.75 Å². The number of carbonyl (C=O) groups is 1. The molecule has 0 bridgehead atoms. The minimum atomic E-state index is 0.167. The summed E-state index contributed by atoms with van der Waals surface area (Å²) < 4.78 is 0. The number of ketones is 1. The van der Waals surface area contributed by atoms with Crippen LogP contribution in [0.15, 0.2) is 0 Å². The number of hydrogen-bond acceptors (Lipinski definition) is 2. The molecule has 0 saturated heterocycles. The molecule has 0 aliphatic carbocycles.